The summed E-state index contributed by atoms with van der Waals surface area (Å²) in [6, 6.07) is 5.09. The minimum atomic E-state index is -0.285. The van der Waals surface area contributed by atoms with Crippen molar-refractivity contribution in [2.45, 2.75) is 18.2 Å². The molecule has 2 aromatic rings. The molecule has 1 N–H and O–H groups in total. The fourth-order valence-corrected chi connectivity index (χ4v) is 3.71. The Bertz CT molecular complexity index is 716. The first-order valence-corrected chi connectivity index (χ1v) is 9.40. The largest absolute Gasteiger partial charge is 0.297 e. The molecule has 8 heteroatoms. The molecule has 0 unspecified atom stereocenters. The van der Waals surface area contributed by atoms with Crippen molar-refractivity contribution in [3.05, 3.63) is 39.9 Å². The Morgan fingerprint density at radius 2 is 2.17 bits per heavy atom. The van der Waals surface area contributed by atoms with Crippen molar-refractivity contribution in [3.63, 3.8) is 0 Å². The fourth-order valence-electron chi connectivity index (χ4n) is 1.51. The third-order valence-corrected chi connectivity index (χ3v) is 5.51. The number of rotatable bonds is 6. The van der Waals surface area contributed by atoms with E-state index in [1.54, 1.807) is 36.0 Å². The Labute approximate surface area is 153 Å². The van der Waals surface area contributed by atoms with Crippen LogP contribution in [-0.4, -0.2) is 21.9 Å². The van der Waals surface area contributed by atoms with Crippen LogP contribution >= 0.6 is 46.3 Å². The number of carbonyl (C=O) groups is 1. The number of aromatic nitrogens is 2. The SMILES string of the molecule is CC(C)CSc1nnc(NC(=O)/C=C/c2ccc(Cl)cc2Cl)s1. The van der Waals surface area contributed by atoms with Gasteiger partial charge in [0.1, 0.15) is 0 Å². The number of hydrogen-bond donors (Lipinski definition) is 1. The van der Waals surface area contributed by atoms with E-state index in [2.05, 4.69) is 29.4 Å². The molecule has 0 atom stereocenters. The van der Waals surface area contributed by atoms with Gasteiger partial charge in [0.05, 0.1) is 0 Å². The van der Waals surface area contributed by atoms with Gasteiger partial charge in [0.2, 0.25) is 11.0 Å². The topological polar surface area (TPSA) is 54.9 Å². The summed E-state index contributed by atoms with van der Waals surface area (Å²) < 4.78 is 0.846. The smallest absolute Gasteiger partial charge is 0.250 e. The van der Waals surface area contributed by atoms with Gasteiger partial charge in [-0.05, 0) is 29.7 Å². The molecular formula is C15H15Cl2N3OS2. The van der Waals surface area contributed by atoms with Crippen LogP contribution in [0.15, 0.2) is 28.6 Å². The molecule has 0 aliphatic carbocycles. The molecule has 1 heterocycles. The molecule has 0 aliphatic heterocycles. The highest BCUT2D eigenvalue weighted by molar-refractivity contribution is 8.01. The average molecular weight is 388 g/mol. The van der Waals surface area contributed by atoms with Crippen molar-refractivity contribution in [1.29, 1.82) is 0 Å². The van der Waals surface area contributed by atoms with Crippen molar-refractivity contribution in [2.75, 3.05) is 11.1 Å². The van der Waals surface area contributed by atoms with Crippen LogP contribution in [-0.2, 0) is 4.79 Å². The first-order chi connectivity index (χ1) is 10.9. The van der Waals surface area contributed by atoms with Crippen LogP contribution in [0.25, 0.3) is 6.08 Å². The van der Waals surface area contributed by atoms with Crippen molar-refractivity contribution in [3.8, 4) is 0 Å². The minimum Gasteiger partial charge on any atom is -0.297 e. The monoisotopic (exact) mass is 387 g/mol. The molecule has 4 nitrogen and oxygen atoms in total. The number of benzene rings is 1. The zero-order valence-corrected chi connectivity index (χ0v) is 15.7. The van der Waals surface area contributed by atoms with E-state index in [4.69, 9.17) is 23.2 Å². The summed E-state index contributed by atoms with van der Waals surface area (Å²) in [6.07, 6.45) is 3.03. The Kier molecular flexibility index (Phi) is 6.89. The highest BCUT2D eigenvalue weighted by atomic mass is 35.5. The number of nitrogens with zero attached hydrogens (tertiary/aromatic N) is 2. The summed E-state index contributed by atoms with van der Waals surface area (Å²) in [6.45, 7) is 4.28. The van der Waals surface area contributed by atoms with Crippen molar-refractivity contribution in [1.82, 2.24) is 10.2 Å². The van der Waals surface area contributed by atoms with E-state index in [9.17, 15) is 4.79 Å². The zero-order chi connectivity index (χ0) is 16.8. The van der Waals surface area contributed by atoms with Gasteiger partial charge >= 0.3 is 0 Å². The summed E-state index contributed by atoms with van der Waals surface area (Å²) in [5.74, 6) is 1.26. The molecule has 122 valence electrons. The molecule has 1 amide bonds. The van der Waals surface area contributed by atoms with Gasteiger partial charge in [-0.25, -0.2) is 0 Å². The summed E-state index contributed by atoms with van der Waals surface area (Å²) in [5.41, 5.74) is 0.719. The number of hydrogen-bond acceptors (Lipinski definition) is 5. The third-order valence-electron chi connectivity index (χ3n) is 2.55. The van der Waals surface area contributed by atoms with E-state index in [1.807, 2.05) is 0 Å². The second-order valence-corrected chi connectivity index (χ2v) is 8.15. The van der Waals surface area contributed by atoms with E-state index >= 15 is 0 Å². The Hall–Kier alpha value is -1.08. The molecule has 0 saturated heterocycles. The number of amides is 1. The second kappa shape index (κ2) is 8.68. The lowest BCUT2D eigenvalue weighted by Gasteiger charge is -1.99. The van der Waals surface area contributed by atoms with Gasteiger partial charge in [-0.15, -0.1) is 10.2 Å². The van der Waals surface area contributed by atoms with Crippen LogP contribution < -0.4 is 5.32 Å². The van der Waals surface area contributed by atoms with Gasteiger partial charge < -0.3 is 0 Å². The molecule has 1 aromatic carbocycles. The predicted molar refractivity (Wildman–Crippen MR) is 99.6 cm³/mol. The number of carbonyl (C=O) groups excluding carboxylic acids is 1. The van der Waals surface area contributed by atoms with E-state index in [1.165, 1.54) is 17.4 Å². The van der Waals surface area contributed by atoms with Crippen LogP contribution in [0.3, 0.4) is 0 Å². The van der Waals surface area contributed by atoms with Gasteiger partial charge in [0, 0.05) is 21.9 Å². The lowest BCUT2D eigenvalue weighted by molar-refractivity contribution is -0.111. The molecule has 0 radical (unpaired) electrons. The van der Waals surface area contributed by atoms with Crippen molar-refractivity contribution >= 4 is 63.4 Å². The quantitative estimate of drug-likeness (QED) is 0.417. The van der Waals surface area contributed by atoms with Gasteiger partial charge in [-0.3, -0.25) is 10.1 Å². The predicted octanol–water partition coefficient (Wildman–Crippen LogP) is 5.24. The lowest BCUT2D eigenvalue weighted by atomic mass is 10.2. The fraction of sp³-hybridized carbons (Fsp3) is 0.267. The number of halogens is 2. The van der Waals surface area contributed by atoms with Gasteiger partial charge in [-0.2, -0.15) is 0 Å². The van der Waals surface area contributed by atoms with Crippen LogP contribution in [0.1, 0.15) is 19.4 Å². The molecule has 0 saturated carbocycles. The standard InChI is InChI=1S/C15H15Cl2N3OS2/c1-9(2)8-22-15-20-19-14(23-15)18-13(21)6-4-10-3-5-11(16)7-12(10)17/h3-7,9H,8H2,1-2H3,(H,18,19,21)/b6-4+. The Morgan fingerprint density at radius 1 is 1.39 bits per heavy atom. The molecule has 0 fully saturated rings. The van der Waals surface area contributed by atoms with Crippen LogP contribution in [0.5, 0.6) is 0 Å². The molecule has 23 heavy (non-hydrogen) atoms. The maximum atomic E-state index is 11.9. The Balaban J connectivity index is 1.93. The van der Waals surface area contributed by atoms with Crippen molar-refractivity contribution < 1.29 is 4.79 Å². The van der Waals surface area contributed by atoms with Gasteiger partial charge in [-0.1, -0.05) is 66.2 Å². The minimum absolute atomic E-state index is 0.285. The molecule has 0 spiro atoms. The van der Waals surface area contributed by atoms with Gasteiger partial charge in [0.15, 0.2) is 4.34 Å². The summed E-state index contributed by atoms with van der Waals surface area (Å²) in [7, 11) is 0. The zero-order valence-electron chi connectivity index (χ0n) is 12.5. The van der Waals surface area contributed by atoms with Gasteiger partial charge in [0.25, 0.3) is 0 Å². The molecule has 0 aliphatic rings. The van der Waals surface area contributed by atoms with E-state index in [0.717, 1.165) is 15.7 Å². The highest BCUT2D eigenvalue weighted by Gasteiger charge is 2.08. The van der Waals surface area contributed by atoms with E-state index in [-0.39, 0.29) is 5.91 Å². The second-order valence-electron chi connectivity index (χ2n) is 5.07. The van der Waals surface area contributed by atoms with Crippen LogP contribution in [0.4, 0.5) is 5.13 Å². The van der Waals surface area contributed by atoms with E-state index < -0.39 is 0 Å². The first-order valence-electron chi connectivity index (χ1n) is 6.84. The van der Waals surface area contributed by atoms with Crippen LogP contribution in [0, 0.1) is 5.92 Å². The summed E-state index contributed by atoms with van der Waals surface area (Å²) in [5, 5.41) is 12.2. The molecule has 1 aromatic heterocycles. The third kappa shape index (κ3) is 6.14. The Morgan fingerprint density at radius 3 is 2.87 bits per heavy atom. The maximum Gasteiger partial charge on any atom is 0.250 e. The summed E-state index contributed by atoms with van der Waals surface area (Å²) in [4.78, 5) is 11.9. The maximum absolute atomic E-state index is 11.9. The molecule has 0 bridgehead atoms. The van der Waals surface area contributed by atoms with Crippen LogP contribution in [0.2, 0.25) is 10.0 Å². The average Bonchev–Trinajstić information content (AvgIpc) is 2.91. The lowest BCUT2D eigenvalue weighted by Crippen LogP contribution is -2.07. The first kappa shape index (κ1) is 18.3. The molecule has 2 rings (SSSR count). The molecular weight excluding hydrogens is 373 g/mol. The number of thioether (sulfide) groups is 1. The number of anilines is 1. The van der Waals surface area contributed by atoms with Crippen molar-refractivity contribution in [2.24, 2.45) is 5.92 Å². The number of nitrogens with one attached hydrogen (secondary N) is 1. The summed E-state index contributed by atoms with van der Waals surface area (Å²) >= 11 is 14.9. The normalized spacial score (nSPS) is 11.3. The van der Waals surface area contributed by atoms with E-state index in [0.29, 0.717) is 21.1 Å². The highest BCUT2D eigenvalue weighted by Crippen LogP contribution is 2.27.